The first kappa shape index (κ1) is 30.4. The van der Waals surface area contributed by atoms with Gasteiger partial charge in [-0.1, -0.05) is 56.3 Å². The smallest absolute Gasteiger partial charge is 0.243 e. The zero-order valence-corrected chi connectivity index (χ0v) is 25.0. The first-order valence-electron chi connectivity index (χ1n) is 13.7. The number of halogens is 1. The van der Waals surface area contributed by atoms with E-state index in [9.17, 15) is 8.42 Å². The van der Waals surface area contributed by atoms with Crippen molar-refractivity contribution >= 4 is 45.1 Å². The van der Waals surface area contributed by atoms with Gasteiger partial charge in [-0.2, -0.15) is 9.29 Å². The Hall–Kier alpha value is -3.60. The van der Waals surface area contributed by atoms with E-state index in [1.165, 1.54) is 4.31 Å². The highest BCUT2D eigenvalue weighted by Gasteiger charge is 2.29. The molecule has 0 unspecified atom stereocenters. The Kier molecular flexibility index (Phi) is 9.90. The highest BCUT2D eigenvalue weighted by atomic mass is 35.5. The van der Waals surface area contributed by atoms with Gasteiger partial charge >= 0.3 is 0 Å². The molecule has 4 aromatic rings. The fraction of sp³-hybridized carbons (Fsp3) is 0.333. The molecule has 0 radical (unpaired) electrons. The van der Waals surface area contributed by atoms with Gasteiger partial charge < -0.3 is 20.1 Å². The van der Waals surface area contributed by atoms with Gasteiger partial charge in [0, 0.05) is 37.6 Å². The van der Waals surface area contributed by atoms with Crippen molar-refractivity contribution in [1.82, 2.24) is 14.3 Å². The monoisotopic (exact) mass is 597 g/mol. The molecule has 1 fully saturated rings. The van der Waals surface area contributed by atoms with Crippen LogP contribution < -0.4 is 20.1 Å². The fourth-order valence-electron chi connectivity index (χ4n) is 4.67. The summed E-state index contributed by atoms with van der Waals surface area (Å²) in [5.74, 6) is 2.07. The zero-order valence-electron chi connectivity index (χ0n) is 23.3. The van der Waals surface area contributed by atoms with Crippen LogP contribution >= 0.6 is 12.4 Å². The molecule has 1 saturated heterocycles. The molecule has 5 rings (SSSR count). The van der Waals surface area contributed by atoms with Crippen molar-refractivity contribution in [3.8, 4) is 22.6 Å². The van der Waals surface area contributed by atoms with Crippen LogP contribution in [0, 0.1) is 0 Å². The second-order valence-electron chi connectivity index (χ2n) is 9.70. The number of nitrogens with zero attached hydrogens (tertiary/aromatic N) is 4. The number of hydrogen-bond acceptors (Lipinski definition) is 8. The summed E-state index contributed by atoms with van der Waals surface area (Å²) in [7, 11) is -3.63. The molecule has 0 spiro atoms. The van der Waals surface area contributed by atoms with E-state index in [-0.39, 0.29) is 17.3 Å². The molecular formula is C30H36ClN5O4S. The van der Waals surface area contributed by atoms with Gasteiger partial charge in [-0.25, -0.2) is 13.4 Å². The van der Waals surface area contributed by atoms with Crippen molar-refractivity contribution in [2.45, 2.75) is 31.6 Å². The van der Waals surface area contributed by atoms with Crippen LogP contribution in [-0.4, -0.2) is 62.1 Å². The number of ether oxygens (including phenoxy) is 2. The molecule has 3 aromatic carbocycles. The lowest BCUT2D eigenvalue weighted by Crippen LogP contribution is -2.49. The minimum Gasteiger partial charge on any atom is -0.490 e. The minimum atomic E-state index is -3.63. The standard InChI is InChI=1S/C30H35N5O4S.ClH/c1-3-18-38-27-20-25-26(21-28(27)39-19-4-2)32-30(33-29(25)31)34-14-16-35(17-15-34)40(36,37)24-12-10-23(11-13-24)22-8-6-5-7-9-22;/h5-13,20-21H,3-4,14-19H2,1-2H3,(H2,31,32,33);1H. The zero-order chi connectivity index (χ0) is 28.1. The van der Waals surface area contributed by atoms with E-state index in [1.807, 2.05) is 73.3 Å². The Morgan fingerprint density at radius 1 is 0.805 bits per heavy atom. The number of fused-ring (bicyclic) bond motifs is 1. The van der Waals surface area contributed by atoms with Crippen LogP contribution in [0.15, 0.2) is 71.6 Å². The summed E-state index contributed by atoms with van der Waals surface area (Å²) in [6.45, 7) is 6.75. The maximum atomic E-state index is 13.4. The maximum absolute atomic E-state index is 13.4. The number of sulfonamides is 1. The Labute approximate surface area is 247 Å². The van der Waals surface area contributed by atoms with Gasteiger partial charge in [0.25, 0.3) is 0 Å². The lowest BCUT2D eigenvalue weighted by atomic mass is 10.1. The molecule has 1 aliphatic rings. The number of nitrogens with two attached hydrogens (primary N) is 1. The average molecular weight is 598 g/mol. The number of aromatic nitrogens is 2. The molecule has 0 bridgehead atoms. The van der Waals surface area contributed by atoms with E-state index >= 15 is 0 Å². The van der Waals surface area contributed by atoms with Crippen LogP contribution in [0.25, 0.3) is 22.0 Å². The lowest BCUT2D eigenvalue weighted by Gasteiger charge is -2.34. The van der Waals surface area contributed by atoms with Crippen LogP contribution in [0.4, 0.5) is 11.8 Å². The first-order valence-corrected chi connectivity index (χ1v) is 15.1. The van der Waals surface area contributed by atoms with E-state index in [4.69, 9.17) is 20.2 Å². The minimum absolute atomic E-state index is 0. The fourth-order valence-corrected chi connectivity index (χ4v) is 6.09. The molecule has 11 heteroatoms. The summed E-state index contributed by atoms with van der Waals surface area (Å²) in [4.78, 5) is 11.6. The number of hydrogen-bond donors (Lipinski definition) is 1. The third-order valence-electron chi connectivity index (χ3n) is 6.82. The van der Waals surface area contributed by atoms with Gasteiger partial charge in [0.2, 0.25) is 16.0 Å². The normalized spacial score (nSPS) is 14.0. The predicted octanol–water partition coefficient (Wildman–Crippen LogP) is 5.39. The molecular weight excluding hydrogens is 562 g/mol. The second-order valence-corrected chi connectivity index (χ2v) is 11.6. The third kappa shape index (κ3) is 6.66. The topological polar surface area (TPSA) is 111 Å². The van der Waals surface area contributed by atoms with Gasteiger partial charge in [0.1, 0.15) is 5.82 Å². The Morgan fingerprint density at radius 3 is 2.00 bits per heavy atom. The van der Waals surface area contributed by atoms with Crippen LogP contribution in [0.2, 0.25) is 0 Å². The predicted molar refractivity (Wildman–Crippen MR) is 166 cm³/mol. The van der Waals surface area contributed by atoms with E-state index in [2.05, 4.69) is 4.98 Å². The summed E-state index contributed by atoms with van der Waals surface area (Å²) in [5.41, 5.74) is 9.04. The molecule has 41 heavy (non-hydrogen) atoms. The summed E-state index contributed by atoms with van der Waals surface area (Å²) in [5, 5.41) is 0.693. The van der Waals surface area contributed by atoms with Crippen molar-refractivity contribution in [3.05, 3.63) is 66.7 Å². The maximum Gasteiger partial charge on any atom is 0.243 e. The lowest BCUT2D eigenvalue weighted by molar-refractivity contribution is 0.269. The highest BCUT2D eigenvalue weighted by Crippen LogP contribution is 2.35. The Bertz CT molecular complexity index is 1560. The van der Waals surface area contributed by atoms with Crippen molar-refractivity contribution in [2.24, 2.45) is 0 Å². The van der Waals surface area contributed by atoms with Crippen molar-refractivity contribution < 1.29 is 17.9 Å². The number of piperazine rings is 1. The Balaban J connectivity index is 0.00000387. The van der Waals surface area contributed by atoms with Gasteiger partial charge in [-0.05, 0) is 42.2 Å². The quantitative estimate of drug-likeness (QED) is 0.259. The summed E-state index contributed by atoms with van der Waals surface area (Å²) in [6, 6.07) is 20.6. The number of rotatable bonds is 10. The molecule has 0 aliphatic carbocycles. The molecule has 2 N–H and O–H groups in total. The van der Waals surface area contributed by atoms with Crippen LogP contribution in [-0.2, 0) is 10.0 Å². The van der Waals surface area contributed by atoms with E-state index < -0.39 is 10.0 Å². The first-order chi connectivity index (χ1) is 19.4. The van der Waals surface area contributed by atoms with E-state index in [0.29, 0.717) is 73.6 Å². The molecule has 0 atom stereocenters. The van der Waals surface area contributed by atoms with Crippen LogP contribution in [0.5, 0.6) is 11.5 Å². The van der Waals surface area contributed by atoms with Crippen molar-refractivity contribution in [2.75, 3.05) is 50.0 Å². The number of nitrogen functional groups attached to an aromatic ring is 1. The Morgan fingerprint density at radius 2 is 1.39 bits per heavy atom. The number of benzene rings is 3. The second kappa shape index (κ2) is 13.4. The molecule has 1 aromatic heterocycles. The van der Waals surface area contributed by atoms with Gasteiger partial charge in [0.05, 0.1) is 23.6 Å². The highest BCUT2D eigenvalue weighted by molar-refractivity contribution is 7.89. The molecule has 218 valence electrons. The molecule has 0 saturated carbocycles. The molecule has 0 amide bonds. The van der Waals surface area contributed by atoms with Crippen LogP contribution in [0.3, 0.4) is 0 Å². The number of anilines is 2. The average Bonchev–Trinajstić information content (AvgIpc) is 2.99. The van der Waals surface area contributed by atoms with Gasteiger partial charge in [-0.15, -0.1) is 12.4 Å². The largest absolute Gasteiger partial charge is 0.490 e. The van der Waals surface area contributed by atoms with Crippen molar-refractivity contribution in [1.29, 1.82) is 0 Å². The SMILES string of the molecule is CCCOc1cc2nc(N3CCN(S(=O)(=O)c4ccc(-c5ccccc5)cc4)CC3)nc(N)c2cc1OCCC.Cl. The van der Waals surface area contributed by atoms with Gasteiger partial charge in [-0.3, -0.25) is 0 Å². The summed E-state index contributed by atoms with van der Waals surface area (Å²) >= 11 is 0. The van der Waals surface area contributed by atoms with E-state index in [1.54, 1.807) is 12.1 Å². The van der Waals surface area contributed by atoms with Crippen molar-refractivity contribution in [3.63, 3.8) is 0 Å². The summed E-state index contributed by atoms with van der Waals surface area (Å²) < 4.78 is 40.1. The molecule has 2 heterocycles. The van der Waals surface area contributed by atoms with E-state index in [0.717, 1.165) is 24.0 Å². The molecule has 1 aliphatic heterocycles. The van der Waals surface area contributed by atoms with Gasteiger partial charge in [0.15, 0.2) is 11.5 Å². The third-order valence-corrected chi connectivity index (χ3v) is 8.74. The van der Waals surface area contributed by atoms with Crippen LogP contribution in [0.1, 0.15) is 26.7 Å². The summed E-state index contributed by atoms with van der Waals surface area (Å²) in [6.07, 6.45) is 1.74. The molecule has 9 nitrogen and oxygen atoms in total.